The summed E-state index contributed by atoms with van der Waals surface area (Å²) in [6, 6.07) is 11.9. The van der Waals surface area contributed by atoms with Gasteiger partial charge in [0, 0.05) is 21.1 Å². The normalized spacial score (nSPS) is 18.1. The molecule has 0 amide bonds. The van der Waals surface area contributed by atoms with Crippen LogP contribution >= 0.6 is 34.2 Å². The topological polar surface area (TPSA) is 29.5 Å². The highest BCUT2D eigenvalue weighted by molar-refractivity contribution is 14.1. The van der Waals surface area contributed by atoms with Gasteiger partial charge in [0.1, 0.15) is 5.75 Å². The second-order valence-corrected chi connectivity index (χ2v) is 7.02. The number of benzene rings is 2. The largest absolute Gasteiger partial charge is 0.508 e. The second kappa shape index (κ2) is 6.55. The summed E-state index contributed by atoms with van der Waals surface area (Å²) in [5.74, 6) is 0.666. The van der Waals surface area contributed by atoms with Gasteiger partial charge in [-0.3, -0.25) is 0 Å². The molecule has 0 unspecified atom stereocenters. The summed E-state index contributed by atoms with van der Waals surface area (Å²) < 4.78 is 6.60. The summed E-state index contributed by atoms with van der Waals surface area (Å²) in [6.07, 6.45) is 1.75. The molecular formula is C17H16ClIO2. The molecule has 0 aromatic heterocycles. The van der Waals surface area contributed by atoms with Crippen molar-refractivity contribution in [2.75, 3.05) is 13.2 Å². The molecular weight excluding hydrogens is 399 g/mol. The second-order valence-electron chi connectivity index (χ2n) is 5.37. The molecule has 0 radical (unpaired) electrons. The third-order valence-corrected chi connectivity index (χ3v) is 4.90. The van der Waals surface area contributed by atoms with Crippen LogP contribution in [-0.4, -0.2) is 18.3 Å². The van der Waals surface area contributed by atoms with Gasteiger partial charge in [-0.25, -0.2) is 0 Å². The molecule has 1 heterocycles. The van der Waals surface area contributed by atoms with E-state index in [4.69, 9.17) is 16.3 Å². The van der Waals surface area contributed by atoms with Gasteiger partial charge in [0.05, 0.1) is 6.61 Å². The highest BCUT2D eigenvalue weighted by atomic mass is 127. The summed E-state index contributed by atoms with van der Waals surface area (Å²) in [6.45, 7) is 1.47. The molecule has 1 aliphatic rings. The van der Waals surface area contributed by atoms with Gasteiger partial charge >= 0.3 is 0 Å². The minimum absolute atomic E-state index is 0.302. The SMILES string of the molecule is Oc1ccc(Cc2cc(I)ccc2Cl)cc1[C@@H]1CCOC1. The Morgan fingerprint density at radius 1 is 1.24 bits per heavy atom. The average molecular weight is 415 g/mol. The van der Waals surface area contributed by atoms with Crippen LogP contribution in [0.25, 0.3) is 0 Å². The molecule has 1 aliphatic heterocycles. The molecule has 3 rings (SSSR count). The maximum absolute atomic E-state index is 10.1. The Balaban J connectivity index is 1.88. The lowest BCUT2D eigenvalue weighted by atomic mass is 9.94. The van der Waals surface area contributed by atoms with Crippen LogP contribution in [0.2, 0.25) is 5.02 Å². The van der Waals surface area contributed by atoms with Crippen molar-refractivity contribution in [2.45, 2.75) is 18.8 Å². The van der Waals surface area contributed by atoms with E-state index in [9.17, 15) is 5.11 Å². The van der Waals surface area contributed by atoms with Gasteiger partial charge in [-0.15, -0.1) is 0 Å². The third-order valence-electron chi connectivity index (χ3n) is 3.86. The van der Waals surface area contributed by atoms with Crippen molar-refractivity contribution in [1.29, 1.82) is 0 Å². The smallest absolute Gasteiger partial charge is 0.119 e. The number of phenolic OH excluding ortho intramolecular Hbond substituents is 1. The molecule has 2 aromatic rings. The molecule has 4 heteroatoms. The molecule has 2 aromatic carbocycles. The van der Waals surface area contributed by atoms with Crippen molar-refractivity contribution in [1.82, 2.24) is 0 Å². The Morgan fingerprint density at radius 3 is 2.86 bits per heavy atom. The molecule has 0 saturated carbocycles. The van der Waals surface area contributed by atoms with Gasteiger partial charge in [-0.2, -0.15) is 0 Å². The van der Waals surface area contributed by atoms with E-state index in [1.54, 1.807) is 6.07 Å². The van der Waals surface area contributed by atoms with E-state index in [-0.39, 0.29) is 0 Å². The minimum Gasteiger partial charge on any atom is -0.508 e. The van der Waals surface area contributed by atoms with Crippen LogP contribution in [0.15, 0.2) is 36.4 Å². The summed E-state index contributed by atoms with van der Waals surface area (Å²) in [5, 5.41) is 10.9. The van der Waals surface area contributed by atoms with Crippen molar-refractivity contribution in [3.05, 3.63) is 61.7 Å². The van der Waals surface area contributed by atoms with Crippen LogP contribution in [-0.2, 0) is 11.2 Å². The van der Waals surface area contributed by atoms with Gasteiger partial charge in [-0.1, -0.05) is 23.7 Å². The highest BCUT2D eigenvalue weighted by Gasteiger charge is 2.21. The number of phenols is 1. The molecule has 0 bridgehead atoms. The van der Waals surface area contributed by atoms with Gasteiger partial charge in [0.2, 0.25) is 0 Å². The average Bonchev–Trinajstić information content (AvgIpc) is 2.99. The lowest BCUT2D eigenvalue weighted by molar-refractivity contribution is 0.193. The van der Waals surface area contributed by atoms with Crippen LogP contribution in [0.3, 0.4) is 0 Å². The van der Waals surface area contributed by atoms with Crippen molar-refractivity contribution in [3.63, 3.8) is 0 Å². The Kier molecular flexibility index (Phi) is 4.72. The van der Waals surface area contributed by atoms with Crippen LogP contribution < -0.4 is 0 Å². The first-order valence-electron chi connectivity index (χ1n) is 6.97. The van der Waals surface area contributed by atoms with E-state index in [2.05, 4.69) is 34.7 Å². The number of hydrogen-bond donors (Lipinski definition) is 1. The molecule has 110 valence electrons. The molecule has 2 nitrogen and oxygen atoms in total. The number of aromatic hydroxyl groups is 1. The molecule has 1 N–H and O–H groups in total. The van der Waals surface area contributed by atoms with E-state index < -0.39 is 0 Å². The third kappa shape index (κ3) is 3.52. The van der Waals surface area contributed by atoms with Crippen molar-refractivity contribution >= 4 is 34.2 Å². The van der Waals surface area contributed by atoms with Crippen molar-refractivity contribution < 1.29 is 9.84 Å². The summed E-state index contributed by atoms with van der Waals surface area (Å²) in [4.78, 5) is 0. The van der Waals surface area contributed by atoms with Gasteiger partial charge in [0.25, 0.3) is 0 Å². The maximum atomic E-state index is 10.1. The summed E-state index contributed by atoms with van der Waals surface area (Å²) >= 11 is 8.56. The highest BCUT2D eigenvalue weighted by Crippen LogP contribution is 2.33. The summed E-state index contributed by atoms with van der Waals surface area (Å²) in [5.41, 5.74) is 3.27. The first-order chi connectivity index (χ1) is 10.1. The first kappa shape index (κ1) is 15.1. The fraction of sp³-hybridized carbons (Fsp3) is 0.294. The standard InChI is InChI=1S/C17H16ClIO2/c18-16-3-2-14(19)9-13(16)7-11-1-4-17(20)15(8-11)12-5-6-21-10-12/h1-4,8-9,12,20H,5-7,10H2/t12-/m1/s1. The van der Waals surface area contributed by atoms with Crippen LogP contribution in [0.5, 0.6) is 5.75 Å². The molecule has 1 atom stereocenters. The van der Waals surface area contributed by atoms with Crippen molar-refractivity contribution in [3.8, 4) is 5.75 Å². The molecule has 0 spiro atoms. The first-order valence-corrected chi connectivity index (χ1v) is 8.42. The Morgan fingerprint density at radius 2 is 2.10 bits per heavy atom. The quantitative estimate of drug-likeness (QED) is 0.735. The summed E-state index contributed by atoms with van der Waals surface area (Å²) in [7, 11) is 0. The molecule has 21 heavy (non-hydrogen) atoms. The maximum Gasteiger partial charge on any atom is 0.119 e. The monoisotopic (exact) mass is 414 g/mol. The fourth-order valence-electron chi connectivity index (χ4n) is 2.72. The number of hydrogen-bond acceptors (Lipinski definition) is 2. The van der Waals surface area contributed by atoms with Gasteiger partial charge < -0.3 is 9.84 Å². The van der Waals surface area contributed by atoms with E-state index >= 15 is 0 Å². The Bertz CT molecular complexity index is 651. The predicted molar refractivity (Wildman–Crippen MR) is 93.3 cm³/mol. The van der Waals surface area contributed by atoms with Crippen LogP contribution in [0.4, 0.5) is 0 Å². The zero-order chi connectivity index (χ0) is 14.8. The Labute approximate surface area is 143 Å². The van der Waals surface area contributed by atoms with Crippen LogP contribution in [0, 0.1) is 3.57 Å². The number of rotatable bonds is 3. The van der Waals surface area contributed by atoms with Crippen molar-refractivity contribution in [2.24, 2.45) is 0 Å². The lowest BCUT2D eigenvalue weighted by Crippen LogP contribution is -2.00. The van der Waals surface area contributed by atoms with E-state index in [0.29, 0.717) is 18.3 Å². The zero-order valence-corrected chi connectivity index (χ0v) is 14.4. The van der Waals surface area contributed by atoms with E-state index in [1.165, 1.54) is 9.13 Å². The molecule has 1 fully saturated rings. The Hall–Kier alpha value is -0.780. The molecule has 0 aliphatic carbocycles. The lowest BCUT2D eigenvalue weighted by Gasteiger charge is -2.13. The predicted octanol–water partition coefficient (Wildman–Crippen LogP) is 4.74. The molecule has 1 saturated heterocycles. The number of halogens is 2. The number of ether oxygens (including phenoxy) is 1. The van der Waals surface area contributed by atoms with Crippen LogP contribution in [0.1, 0.15) is 29.0 Å². The minimum atomic E-state index is 0.302. The zero-order valence-electron chi connectivity index (χ0n) is 11.5. The fourth-order valence-corrected chi connectivity index (χ4v) is 3.46. The van der Waals surface area contributed by atoms with Gasteiger partial charge in [-0.05, 0) is 76.4 Å². The van der Waals surface area contributed by atoms with Gasteiger partial charge in [0.15, 0.2) is 0 Å². The van der Waals surface area contributed by atoms with E-state index in [1.807, 2.05) is 18.2 Å². The van der Waals surface area contributed by atoms with E-state index in [0.717, 1.165) is 35.6 Å².